The van der Waals surface area contributed by atoms with Crippen LogP contribution in [0.4, 0.5) is 0 Å². The molecule has 7 heteroatoms. The molecule has 114 valence electrons. The van der Waals surface area contributed by atoms with Crippen LogP contribution in [0, 0.1) is 6.92 Å². The number of aromatic amines is 2. The number of benzene rings is 1. The van der Waals surface area contributed by atoms with Crippen molar-refractivity contribution in [1.29, 1.82) is 0 Å². The maximum absolute atomic E-state index is 12.5. The third-order valence-corrected chi connectivity index (χ3v) is 3.66. The summed E-state index contributed by atoms with van der Waals surface area (Å²) in [5.41, 5.74) is 2.83. The molecule has 0 saturated carbocycles. The summed E-state index contributed by atoms with van der Waals surface area (Å²) in [6.45, 7) is 1.82. The Morgan fingerprint density at radius 2 is 2.14 bits per heavy atom. The van der Waals surface area contributed by atoms with Crippen LogP contribution in [-0.2, 0) is 11.2 Å². The Labute approximate surface area is 126 Å². The van der Waals surface area contributed by atoms with Gasteiger partial charge in [-0.25, -0.2) is 4.98 Å². The number of aryl methyl sites for hydroxylation is 1. The first-order valence-electron chi connectivity index (χ1n) is 7.06. The van der Waals surface area contributed by atoms with Gasteiger partial charge in [0.25, 0.3) is 5.56 Å². The van der Waals surface area contributed by atoms with Crippen molar-refractivity contribution in [3.8, 4) is 5.95 Å². The molecule has 3 rings (SSSR count). The zero-order valence-electron chi connectivity index (χ0n) is 12.4. The Balaban J connectivity index is 1.98. The van der Waals surface area contributed by atoms with E-state index in [1.54, 1.807) is 7.05 Å². The maximum atomic E-state index is 12.5. The van der Waals surface area contributed by atoms with Crippen molar-refractivity contribution in [2.75, 3.05) is 7.05 Å². The molecule has 3 aromatic rings. The standard InChI is InChI=1S/C15H17N5O2/c1-9-10(7-8-13(21)16-2)14(22)20(19-9)15-17-11-5-3-4-6-12(11)18-15/h3-6,19H,7-8H2,1-2H3,(H,16,21)(H,17,18). The normalized spacial score (nSPS) is 11.0. The number of amides is 1. The zero-order valence-corrected chi connectivity index (χ0v) is 12.4. The number of nitrogens with one attached hydrogen (secondary N) is 3. The Morgan fingerprint density at radius 1 is 1.36 bits per heavy atom. The van der Waals surface area contributed by atoms with Crippen LogP contribution < -0.4 is 10.9 Å². The van der Waals surface area contributed by atoms with E-state index in [0.29, 0.717) is 17.9 Å². The van der Waals surface area contributed by atoms with E-state index in [1.807, 2.05) is 31.2 Å². The van der Waals surface area contributed by atoms with Gasteiger partial charge in [0.05, 0.1) is 11.0 Å². The Bertz CT molecular complexity index is 854. The van der Waals surface area contributed by atoms with E-state index in [0.717, 1.165) is 16.7 Å². The molecule has 7 nitrogen and oxygen atoms in total. The molecule has 0 aliphatic rings. The number of hydrogen-bond donors (Lipinski definition) is 3. The predicted octanol–water partition coefficient (Wildman–Crippen LogP) is 1.03. The number of fused-ring (bicyclic) bond motifs is 1. The first kappa shape index (κ1) is 14.1. The van der Waals surface area contributed by atoms with Gasteiger partial charge in [-0.05, 0) is 25.5 Å². The first-order valence-corrected chi connectivity index (χ1v) is 7.06. The average molecular weight is 299 g/mol. The van der Waals surface area contributed by atoms with E-state index in [9.17, 15) is 9.59 Å². The molecule has 0 fully saturated rings. The predicted molar refractivity (Wildman–Crippen MR) is 83.2 cm³/mol. The first-order chi connectivity index (χ1) is 10.6. The SMILES string of the molecule is CNC(=O)CCc1c(C)[nH]n(-c2nc3ccccc3[nH]2)c1=O. The van der Waals surface area contributed by atoms with E-state index in [1.165, 1.54) is 4.68 Å². The number of para-hydroxylation sites is 2. The van der Waals surface area contributed by atoms with Gasteiger partial charge in [0.1, 0.15) is 0 Å². The van der Waals surface area contributed by atoms with Gasteiger partial charge in [0, 0.05) is 24.7 Å². The van der Waals surface area contributed by atoms with Gasteiger partial charge < -0.3 is 10.3 Å². The average Bonchev–Trinajstić information content (AvgIpc) is 3.06. The topological polar surface area (TPSA) is 95.6 Å². The van der Waals surface area contributed by atoms with E-state index in [4.69, 9.17) is 0 Å². The molecule has 1 amide bonds. The van der Waals surface area contributed by atoms with Gasteiger partial charge in [0.15, 0.2) is 0 Å². The summed E-state index contributed by atoms with van der Waals surface area (Å²) in [7, 11) is 1.58. The third kappa shape index (κ3) is 2.41. The molecule has 2 heterocycles. The van der Waals surface area contributed by atoms with Gasteiger partial charge in [-0.1, -0.05) is 12.1 Å². The molecule has 22 heavy (non-hydrogen) atoms. The molecule has 2 aromatic heterocycles. The number of nitrogens with zero attached hydrogens (tertiary/aromatic N) is 2. The molecule has 0 aliphatic heterocycles. The quantitative estimate of drug-likeness (QED) is 0.671. The molecule has 1 aromatic carbocycles. The van der Waals surface area contributed by atoms with Crippen molar-refractivity contribution >= 4 is 16.9 Å². The van der Waals surface area contributed by atoms with Crippen molar-refractivity contribution in [3.63, 3.8) is 0 Å². The highest BCUT2D eigenvalue weighted by Crippen LogP contribution is 2.13. The zero-order chi connectivity index (χ0) is 15.7. The van der Waals surface area contributed by atoms with E-state index in [-0.39, 0.29) is 17.9 Å². The monoisotopic (exact) mass is 299 g/mol. The summed E-state index contributed by atoms with van der Waals surface area (Å²) in [5, 5.41) is 5.56. The molecule has 3 N–H and O–H groups in total. The van der Waals surface area contributed by atoms with Crippen LogP contribution in [0.2, 0.25) is 0 Å². The van der Waals surface area contributed by atoms with Crippen molar-refractivity contribution in [1.82, 2.24) is 25.1 Å². The minimum atomic E-state index is -0.180. The van der Waals surface area contributed by atoms with Crippen molar-refractivity contribution < 1.29 is 4.79 Å². The van der Waals surface area contributed by atoms with E-state index in [2.05, 4.69) is 20.4 Å². The van der Waals surface area contributed by atoms with Gasteiger partial charge in [-0.15, -0.1) is 0 Å². The van der Waals surface area contributed by atoms with Gasteiger partial charge >= 0.3 is 0 Å². The van der Waals surface area contributed by atoms with Crippen LogP contribution in [0.1, 0.15) is 17.7 Å². The summed E-state index contributed by atoms with van der Waals surface area (Å²) < 4.78 is 1.38. The molecule has 0 unspecified atom stereocenters. The largest absolute Gasteiger partial charge is 0.359 e. The molecular formula is C15H17N5O2. The maximum Gasteiger partial charge on any atom is 0.277 e. The highest BCUT2D eigenvalue weighted by atomic mass is 16.1. The molecular weight excluding hydrogens is 282 g/mol. The number of carbonyl (C=O) groups is 1. The number of aromatic nitrogens is 4. The van der Waals surface area contributed by atoms with Crippen LogP contribution in [0.25, 0.3) is 17.0 Å². The lowest BCUT2D eigenvalue weighted by Gasteiger charge is -1.97. The van der Waals surface area contributed by atoms with Crippen LogP contribution in [0.15, 0.2) is 29.1 Å². The highest BCUT2D eigenvalue weighted by molar-refractivity contribution is 5.76. The van der Waals surface area contributed by atoms with E-state index >= 15 is 0 Å². The molecule has 0 saturated heterocycles. The number of H-pyrrole nitrogens is 2. The van der Waals surface area contributed by atoms with E-state index < -0.39 is 0 Å². The van der Waals surface area contributed by atoms with Crippen molar-refractivity contribution in [3.05, 3.63) is 45.9 Å². The second-order valence-electron chi connectivity index (χ2n) is 5.11. The molecule has 0 spiro atoms. The summed E-state index contributed by atoms with van der Waals surface area (Å²) in [4.78, 5) is 31.4. The van der Waals surface area contributed by atoms with Crippen LogP contribution >= 0.6 is 0 Å². The number of imidazole rings is 1. The molecule has 0 aliphatic carbocycles. The Kier molecular flexibility index (Phi) is 3.54. The van der Waals surface area contributed by atoms with Crippen molar-refractivity contribution in [2.24, 2.45) is 0 Å². The summed E-state index contributed by atoms with van der Waals surface area (Å²) in [5.74, 6) is 0.357. The fourth-order valence-electron chi connectivity index (χ4n) is 2.43. The second kappa shape index (κ2) is 5.51. The van der Waals surface area contributed by atoms with Gasteiger partial charge in [0.2, 0.25) is 11.9 Å². The highest BCUT2D eigenvalue weighted by Gasteiger charge is 2.15. The number of rotatable bonds is 4. The summed E-state index contributed by atoms with van der Waals surface area (Å²) in [6.07, 6.45) is 0.679. The minimum Gasteiger partial charge on any atom is -0.359 e. The van der Waals surface area contributed by atoms with Gasteiger partial charge in [-0.3, -0.25) is 14.7 Å². The lowest BCUT2D eigenvalue weighted by atomic mass is 10.1. The number of carbonyl (C=O) groups excluding carboxylic acids is 1. The number of hydrogen-bond acceptors (Lipinski definition) is 3. The summed E-state index contributed by atoms with van der Waals surface area (Å²) in [6, 6.07) is 7.58. The minimum absolute atomic E-state index is 0.0877. The third-order valence-electron chi connectivity index (χ3n) is 3.66. The fraction of sp³-hybridized carbons (Fsp3) is 0.267. The smallest absolute Gasteiger partial charge is 0.277 e. The second-order valence-corrected chi connectivity index (χ2v) is 5.11. The fourth-order valence-corrected chi connectivity index (χ4v) is 2.43. The van der Waals surface area contributed by atoms with Crippen LogP contribution in [0.3, 0.4) is 0 Å². The van der Waals surface area contributed by atoms with Crippen LogP contribution in [0.5, 0.6) is 0 Å². The van der Waals surface area contributed by atoms with Crippen LogP contribution in [-0.4, -0.2) is 32.7 Å². The molecule has 0 radical (unpaired) electrons. The molecule has 0 bridgehead atoms. The Morgan fingerprint density at radius 3 is 2.86 bits per heavy atom. The lowest BCUT2D eigenvalue weighted by molar-refractivity contribution is -0.120. The van der Waals surface area contributed by atoms with Gasteiger partial charge in [-0.2, -0.15) is 4.68 Å². The lowest BCUT2D eigenvalue weighted by Crippen LogP contribution is -2.22. The molecule has 0 atom stereocenters. The van der Waals surface area contributed by atoms with Crippen molar-refractivity contribution in [2.45, 2.75) is 19.8 Å². The Hall–Kier alpha value is -2.83. The summed E-state index contributed by atoms with van der Waals surface area (Å²) >= 11 is 0.